The van der Waals surface area contributed by atoms with E-state index in [-0.39, 0.29) is 36.8 Å². The molecule has 2 fully saturated rings. The summed E-state index contributed by atoms with van der Waals surface area (Å²) in [5.74, 6) is -0.956. The molecule has 2 atom stereocenters. The van der Waals surface area contributed by atoms with Crippen molar-refractivity contribution in [2.24, 2.45) is 5.92 Å². The molecule has 3 rings (SSSR count). The van der Waals surface area contributed by atoms with E-state index in [1.165, 1.54) is 0 Å². The van der Waals surface area contributed by atoms with Crippen molar-refractivity contribution in [2.45, 2.75) is 37.6 Å². The van der Waals surface area contributed by atoms with Crippen LogP contribution in [0.4, 0.5) is 0 Å². The van der Waals surface area contributed by atoms with Gasteiger partial charge in [0.1, 0.15) is 0 Å². The Hall–Kier alpha value is -1.30. The van der Waals surface area contributed by atoms with E-state index >= 15 is 0 Å². The Morgan fingerprint density at radius 2 is 1.96 bits per heavy atom. The van der Waals surface area contributed by atoms with E-state index in [1.807, 2.05) is 12.1 Å². The number of amides is 1. The van der Waals surface area contributed by atoms with Gasteiger partial charge < -0.3 is 14.7 Å². The Balaban J connectivity index is 1.72. The molecule has 0 unspecified atom stereocenters. The zero-order chi connectivity index (χ0) is 18.0. The van der Waals surface area contributed by atoms with Crippen molar-refractivity contribution >= 4 is 35.1 Å². The lowest BCUT2D eigenvalue weighted by Crippen LogP contribution is -2.45. The summed E-state index contributed by atoms with van der Waals surface area (Å²) in [5, 5.41) is 10.00. The SMILES string of the molecule is O=C(O)CCN(C(=O)[C@H]1C[C@H]1c1cccc(Cl)c1Cl)C1CCOCC1. The van der Waals surface area contributed by atoms with Gasteiger partial charge in [-0.1, -0.05) is 35.3 Å². The standard InChI is InChI=1S/C18H21Cl2NO4/c19-15-3-1-2-12(17(15)20)13-10-14(13)18(24)21(7-4-16(22)23)11-5-8-25-9-6-11/h1-3,11,13-14H,4-10H2,(H,22,23)/t13-,14-/m0/s1. The maximum atomic E-state index is 13.0. The van der Waals surface area contributed by atoms with Gasteiger partial charge in [0.25, 0.3) is 0 Å². The molecule has 1 aliphatic carbocycles. The van der Waals surface area contributed by atoms with Crippen LogP contribution in [-0.4, -0.2) is 47.7 Å². The molecule has 0 aromatic heterocycles. The lowest BCUT2D eigenvalue weighted by molar-refractivity contribution is -0.141. The number of rotatable bonds is 6. The smallest absolute Gasteiger partial charge is 0.305 e. The number of hydrogen-bond acceptors (Lipinski definition) is 3. The van der Waals surface area contributed by atoms with Gasteiger partial charge in [-0.05, 0) is 36.8 Å². The first kappa shape index (κ1) is 18.5. The maximum absolute atomic E-state index is 13.0. The minimum Gasteiger partial charge on any atom is -0.481 e. The number of aliphatic carboxylic acids is 1. The molecule has 1 saturated heterocycles. The van der Waals surface area contributed by atoms with Gasteiger partial charge in [0.05, 0.1) is 16.5 Å². The summed E-state index contributed by atoms with van der Waals surface area (Å²) in [6, 6.07) is 5.52. The van der Waals surface area contributed by atoms with Crippen molar-refractivity contribution in [3.8, 4) is 0 Å². The highest BCUT2D eigenvalue weighted by Gasteiger charge is 2.47. The Labute approximate surface area is 156 Å². The monoisotopic (exact) mass is 385 g/mol. The van der Waals surface area contributed by atoms with Crippen molar-refractivity contribution in [3.63, 3.8) is 0 Å². The van der Waals surface area contributed by atoms with Crippen molar-refractivity contribution in [1.82, 2.24) is 4.90 Å². The number of halogens is 2. The Morgan fingerprint density at radius 3 is 2.64 bits per heavy atom. The third-order valence-corrected chi connectivity index (χ3v) is 5.80. The zero-order valence-electron chi connectivity index (χ0n) is 13.8. The molecule has 1 aliphatic heterocycles. The van der Waals surface area contributed by atoms with E-state index < -0.39 is 5.97 Å². The summed E-state index contributed by atoms with van der Waals surface area (Å²) in [5.41, 5.74) is 0.901. The minimum atomic E-state index is -0.893. The second kappa shape index (κ2) is 7.94. The van der Waals surface area contributed by atoms with Crippen LogP contribution in [0, 0.1) is 5.92 Å². The summed E-state index contributed by atoms with van der Waals surface area (Å²) in [7, 11) is 0. The second-order valence-corrected chi connectivity index (χ2v) is 7.40. The van der Waals surface area contributed by atoms with Gasteiger partial charge in [-0.3, -0.25) is 9.59 Å². The maximum Gasteiger partial charge on any atom is 0.305 e. The largest absolute Gasteiger partial charge is 0.481 e. The van der Waals surface area contributed by atoms with Gasteiger partial charge >= 0.3 is 5.97 Å². The topological polar surface area (TPSA) is 66.8 Å². The van der Waals surface area contributed by atoms with Gasteiger partial charge in [0, 0.05) is 31.7 Å². The normalized spacial score (nSPS) is 23.3. The molecule has 5 nitrogen and oxygen atoms in total. The molecule has 1 aromatic rings. The fourth-order valence-corrected chi connectivity index (χ4v) is 3.97. The van der Waals surface area contributed by atoms with Crippen LogP contribution in [0.3, 0.4) is 0 Å². The van der Waals surface area contributed by atoms with E-state index in [4.69, 9.17) is 33.0 Å². The first-order chi connectivity index (χ1) is 12.0. The third-order valence-electron chi connectivity index (χ3n) is 4.97. The van der Waals surface area contributed by atoms with Gasteiger partial charge in [-0.2, -0.15) is 0 Å². The average Bonchev–Trinajstić information content (AvgIpc) is 3.38. The second-order valence-electron chi connectivity index (χ2n) is 6.61. The van der Waals surface area contributed by atoms with E-state index in [2.05, 4.69) is 0 Å². The van der Waals surface area contributed by atoms with Crippen molar-refractivity contribution < 1.29 is 19.4 Å². The molecule has 0 bridgehead atoms. The quantitative estimate of drug-likeness (QED) is 0.812. The molecule has 1 amide bonds. The van der Waals surface area contributed by atoms with E-state index in [1.54, 1.807) is 11.0 Å². The molecule has 1 N–H and O–H groups in total. The fraction of sp³-hybridized carbons (Fsp3) is 0.556. The van der Waals surface area contributed by atoms with E-state index in [0.717, 1.165) is 24.8 Å². The molecule has 0 spiro atoms. The number of carboxylic acid groups (broad SMARTS) is 1. The molecule has 0 radical (unpaired) electrons. The van der Waals surface area contributed by atoms with Crippen LogP contribution >= 0.6 is 23.2 Å². The lowest BCUT2D eigenvalue weighted by atomic mass is 10.0. The van der Waals surface area contributed by atoms with Gasteiger partial charge in [0.2, 0.25) is 5.91 Å². The number of carboxylic acids is 1. The van der Waals surface area contributed by atoms with Crippen LogP contribution in [0.2, 0.25) is 10.0 Å². The highest BCUT2D eigenvalue weighted by molar-refractivity contribution is 6.42. The van der Waals surface area contributed by atoms with Crippen LogP contribution in [0.15, 0.2) is 18.2 Å². The molecule has 1 heterocycles. The predicted molar refractivity (Wildman–Crippen MR) is 95.1 cm³/mol. The molecular weight excluding hydrogens is 365 g/mol. The molecule has 7 heteroatoms. The molecule has 25 heavy (non-hydrogen) atoms. The predicted octanol–water partition coefficient (Wildman–Crippen LogP) is 3.58. The van der Waals surface area contributed by atoms with Crippen LogP contribution < -0.4 is 0 Å². The molecule has 136 valence electrons. The van der Waals surface area contributed by atoms with Crippen LogP contribution in [0.1, 0.15) is 37.2 Å². The lowest BCUT2D eigenvalue weighted by Gasteiger charge is -2.34. The number of ether oxygens (including phenoxy) is 1. The average molecular weight is 386 g/mol. The number of carbonyl (C=O) groups excluding carboxylic acids is 1. The van der Waals surface area contributed by atoms with Gasteiger partial charge in [-0.15, -0.1) is 0 Å². The van der Waals surface area contributed by atoms with Crippen molar-refractivity contribution in [1.29, 1.82) is 0 Å². The molecular formula is C18H21Cl2NO4. The summed E-state index contributed by atoms with van der Waals surface area (Å²) in [4.78, 5) is 25.7. The van der Waals surface area contributed by atoms with Gasteiger partial charge in [0.15, 0.2) is 0 Å². The first-order valence-corrected chi connectivity index (χ1v) is 9.28. The Morgan fingerprint density at radius 1 is 1.24 bits per heavy atom. The van der Waals surface area contributed by atoms with Crippen LogP contribution in [0.25, 0.3) is 0 Å². The number of nitrogens with zero attached hydrogens (tertiary/aromatic N) is 1. The molecule has 2 aliphatic rings. The van der Waals surface area contributed by atoms with Crippen molar-refractivity contribution in [2.75, 3.05) is 19.8 Å². The fourth-order valence-electron chi connectivity index (χ4n) is 3.52. The Bertz CT molecular complexity index is 660. The zero-order valence-corrected chi connectivity index (χ0v) is 15.3. The number of hydrogen-bond donors (Lipinski definition) is 1. The summed E-state index contributed by atoms with van der Waals surface area (Å²) < 4.78 is 5.36. The highest BCUT2D eigenvalue weighted by Crippen LogP contribution is 2.51. The first-order valence-electron chi connectivity index (χ1n) is 8.53. The summed E-state index contributed by atoms with van der Waals surface area (Å²) in [6.45, 7) is 1.46. The van der Waals surface area contributed by atoms with E-state index in [0.29, 0.717) is 23.3 Å². The summed E-state index contributed by atoms with van der Waals surface area (Å²) >= 11 is 12.4. The number of carbonyl (C=O) groups is 2. The van der Waals surface area contributed by atoms with Crippen LogP contribution in [-0.2, 0) is 14.3 Å². The van der Waals surface area contributed by atoms with Crippen molar-refractivity contribution in [3.05, 3.63) is 33.8 Å². The van der Waals surface area contributed by atoms with E-state index in [9.17, 15) is 9.59 Å². The molecule has 1 saturated carbocycles. The summed E-state index contributed by atoms with van der Waals surface area (Å²) in [6.07, 6.45) is 2.19. The molecule has 1 aromatic carbocycles. The van der Waals surface area contributed by atoms with Gasteiger partial charge in [-0.25, -0.2) is 0 Å². The minimum absolute atomic E-state index is 0.0224. The van der Waals surface area contributed by atoms with Crippen LogP contribution in [0.5, 0.6) is 0 Å². The highest BCUT2D eigenvalue weighted by atomic mass is 35.5. The Kier molecular flexibility index (Phi) is 5.87. The number of benzene rings is 1. The third kappa shape index (κ3) is 4.27.